The third kappa shape index (κ3) is 6.39. The van der Waals surface area contributed by atoms with Crippen LogP contribution in [0.4, 0.5) is 13.2 Å². The first-order valence-corrected chi connectivity index (χ1v) is 3.83. The van der Waals surface area contributed by atoms with Crippen LogP contribution in [0, 0.1) is 0 Å². The smallest absolute Gasteiger partial charge is 0.401 e. The van der Waals surface area contributed by atoms with Crippen molar-refractivity contribution in [3.63, 3.8) is 0 Å². The third-order valence-corrected chi connectivity index (χ3v) is 1.25. The number of hydrogen-bond acceptors (Lipinski definition) is 3. The zero-order valence-corrected chi connectivity index (χ0v) is 7.44. The molecule has 0 fully saturated rings. The van der Waals surface area contributed by atoms with E-state index in [-0.39, 0.29) is 6.61 Å². The normalized spacial score (nSPS) is 13.9. The Morgan fingerprint density at radius 3 is 2.46 bits per heavy atom. The van der Waals surface area contributed by atoms with Gasteiger partial charge < -0.3 is 4.74 Å². The first kappa shape index (κ1) is 12.2. The van der Waals surface area contributed by atoms with Crippen molar-refractivity contribution in [2.75, 3.05) is 13.2 Å². The molecule has 0 aliphatic heterocycles. The minimum atomic E-state index is -4.30. The topological polar surface area (TPSA) is 38.3 Å². The quantitative estimate of drug-likeness (QED) is 0.689. The second kappa shape index (κ2) is 5.06. The molecule has 0 aromatic carbocycles. The Kier molecular flexibility index (Phi) is 4.76. The summed E-state index contributed by atoms with van der Waals surface area (Å²) in [6, 6.07) is -0.929. The molecule has 1 N–H and O–H groups in total. The first-order chi connectivity index (χ1) is 5.87. The summed E-state index contributed by atoms with van der Waals surface area (Å²) in [6.45, 7) is 1.89. The van der Waals surface area contributed by atoms with Crippen molar-refractivity contribution < 1.29 is 22.7 Å². The number of rotatable bonds is 4. The molecule has 0 amide bonds. The van der Waals surface area contributed by atoms with Gasteiger partial charge in [0.25, 0.3) is 0 Å². The van der Waals surface area contributed by atoms with E-state index in [0.29, 0.717) is 0 Å². The molecule has 0 aromatic rings. The van der Waals surface area contributed by atoms with E-state index in [2.05, 4.69) is 4.74 Å². The van der Waals surface area contributed by atoms with Crippen LogP contribution in [0.1, 0.15) is 13.8 Å². The molecule has 1 atom stereocenters. The van der Waals surface area contributed by atoms with E-state index in [1.807, 2.05) is 5.32 Å². The predicted octanol–water partition coefficient (Wildman–Crippen LogP) is 1.09. The van der Waals surface area contributed by atoms with Gasteiger partial charge in [0.1, 0.15) is 6.04 Å². The average Bonchev–Trinajstić information content (AvgIpc) is 1.99. The predicted molar refractivity (Wildman–Crippen MR) is 40.2 cm³/mol. The summed E-state index contributed by atoms with van der Waals surface area (Å²) < 4.78 is 39.5. The lowest BCUT2D eigenvalue weighted by atomic mass is 10.3. The van der Waals surface area contributed by atoms with E-state index in [4.69, 9.17) is 0 Å². The Morgan fingerprint density at radius 1 is 1.54 bits per heavy atom. The number of nitrogens with one attached hydrogen (secondary N) is 1. The summed E-state index contributed by atoms with van der Waals surface area (Å²) in [5.41, 5.74) is 0. The van der Waals surface area contributed by atoms with Gasteiger partial charge in [0.2, 0.25) is 0 Å². The van der Waals surface area contributed by atoms with E-state index < -0.39 is 24.7 Å². The summed E-state index contributed by atoms with van der Waals surface area (Å²) in [5, 5.41) is 2.01. The highest BCUT2D eigenvalue weighted by Crippen LogP contribution is 2.12. The largest absolute Gasteiger partial charge is 0.465 e. The summed E-state index contributed by atoms with van der Waals surface area (Å²) in [7, 11) is 0. The lowest BCUT2D eigenvalue weighted by molar-refractivity contribution is -0.148. The number of carbonyl (C=O) groups excluding carboxylic acids is 1. The van der Waals surface area contributed by atoms with Crippen molar-refractivity contribution in [3.8, 4) is 0 Å². The number of esters is 1. The van der Waals surface area contributed by atoms with Crippen molar-refractivity contribution in [2.45, 2.75) is 26.1 Å². The van der Waals surface area contributed by atoms with Crippen molar-refractivity contribution in [1.82, 2.24) is 5.32 Å². The number of alkyl halides is 3. The minimum absolute atomic E-state index is 0.164. The van der Waals surface area contributed by atoms with Crippen molar-refractivity contribution in [3.05, 3.63) is 0 Å². The third-order valence-electron chi connectivity index (χ3n) is 1.25. The zero-order chi connectivity index (χ0) is 10.5. The van der Waals surface area contributed by atoms with Crippen molar-refractivity contribution in [1.29, 1.82) is 0 Å². The van der Waals surface area contributed by atoms with Crippen LogP contribution >= 0.6 is 0 Å². The highest BCUT2D eigenvalue weighted by molar-refractivity contribution is 5.75. The second-order valence-electron chi connectivity index (χ2n) is 2.47. The minimum Gasteiger partial charge on any atom is -0.465 e. The van der Waals surface area contributed by atoms with Gasteiger partial charge in [-0.25, -0.2) is 0 Å². The van der Waals surface area contributed by atoms with Crippen LogP contribution in [0.5, 0.6) is 0 Å². The standard InChI is InChI=1S/C7H12F3NO2/c1-3-13-6(12)5(2)11-4-7(8,9)10/h5,11H,3-4H2,1-2H3/t5-/m0/s1. The zero-order valence-electron chi connectivity index (χ0n) is 7.44. The molecule has 78 valence electrons. The molecule has 6 heteroatoms. The number of hydrogen-bond donors (Lipinski definition) is 1. The molecule has 0 aromatic heterocycles. The van der Waals surface area contributed by atoms with Gasteiger partial charge in [-0.15, -0.1) is 0 Å². The molecule has 0 saturated carbocycles. The molecule has 0 unspecified atom stereocenters. The van der Waals surface area contributed by atoms with Gasteiger partial charge in [-0.2, -0.15) is 13.2 Å². The highest BCUT2D eigenvalue weighted by Gasteiger charge is 2.28. The Morgan fingerprint density at radius 2 is 2.08 bits per heavy atom. The molecular formula is C7H12F3NO2. The van der Waals surface area contributed by atoms with Crippen LogP contribution in [0.2, 0.25) is 0 Å². The molecule has 3 nitrogen and oxygen atoms in total. The average molecular weight is 199 g/mol. The fraction of sp³-hybridized carbons (Fsp3) is 0.857. The van der Waals surface area contributed by atoms with E-state index in [1.165, 1.54) is 6.92 Å². The van der Waals surface area contributed by atoms with Crippen LogP contribution in [0.3, 0.4) is 0 Å². The molecular weight excluding hydrogens is 187 g/mol. The fourth-order valence-electron chi connectivity index (χ4n) is 0.619. The Hall–Kier alpha value is -0.780. The van der Waals surface area contributed by atoms with Crippen molar-refractivity contribution in [2.24, 2.45) is 0 Å². The molecule has 0 saturated heterocycles. The fourth-order valence-corrected chi connectivity index (χ4v) is 0.619. The van der Waals surface area contributed by atoms with Gasteiger partial charge >= 0.3 is 12.1 Å². The van der Waals surface area contributed by atoms with E-state index in [0.717, 1.165) is 0 Å². The van der Waals surface area contributed by atoms with Gasteiger partial charge in [-0.1, -0.05) is 0 Å². The Labute approximate surface area is 74.3 Å². The van der Waals surface area contributed by atoms with Crippen LogP contribution < -0.4 is 5.32 Å². The number of halogens is 3. The summed E-state index contributed by atoms with van der Waals surface area (Å²) in [5.74, 6) is -0.674. The molecule has 0 radical (unpaired) electrons. The maximum Gasteiger partial charge on any atom is 0.401 e. The Bertz CT molecular complexity index is 170. The number of carbonyl (C=O) groups is 1. The van der Waals surface area contributed by atoms with Gasteiger partial charge in [0.15, 0.2) is 0 Å². The summed E-state index contributed by atoms with van der Waals surface area (Å²) in [4.78, 5) is 10.8. The van der Waals surface area contributed by atoms with E-state index in [9.17, 15) is 18.0 Å². The molecule has 13 heavy (non-hydrogen) atoms. The molecule has 0 spiro atoms. The van der Waals surface area contributed by atoms with Gasteiger partial charge in [-0.05, 0) is 13.8 Å². The van der Waals surface area contributed by atoms with Crippen LogP contribution in [-0.2, 0) is 9.53 Å². The van der Waals surface area contributed by atoms with E-state index in [1.54, 1.807) is 6.92 Å². The lowest BCUT2D eigenvalue weighted by Gasteiger charge is -2.13. The van der Waals surface area contributed by atoms with Gasteiger partial charge in [0.05, 0.1) is 13.2 Å². The monoisotopic (exact) mass is 199 g/mol. The lowest BCUT2D eigenvalue weighted by Crippen LogP contribution is -2.40. The molecule has 0 aliphatic carbocycles. The maximum atomic E-state index is 11.7. The highest BCUT2D eigenvalue weighted by atomic mass is 19.4. The van der Waals surface area contributed by atoms with Crippen LogP contribution in [0.25, 0.3) is 0 Å². The molecule has 0 aliphatic rings. The maximum absolute atomic E-state index is 11.7. The van der Waals surface area contributed by atoms with Gasteiger partial charge in [-0.3, -0.25) is 10.1 Å². The van der Waals surface area contributed by atoms with E-state index >= 15 is 0 Å². The van der Waals surface area contributed by atoms with Gasteiger partial charge in [0, 0.05) is 0 Å². The van der Waals surface area contributed by atoms with Crippen molar-refractivity contribution >= 4 is 5.97 Å². The molecule has 0 rings (SSSR count). The van der Waals surface area contributed by atoms with Crippen LogP contribution in [-0.4, -0.2) is 31.3 Å². The van der Waals surface area contributed by atoms with Crippen LogP contribution in [0.15, 0.2) is 0 Å². The summed E-state index contributed by atoms with van der Waals surface area (Å²) >= 11 is 0. The SMILES string of the molecule is CCOC(=O)[C@H](C)NCC(F)(F)F. The number of ether oxygens (including phenoxy) is 1. The Balaban J connectivity index is 3.74. The first-order valence-electron chi connectivity index (χ1n) is 3.83. The summed E-state index contributed by atoms with van der Waals surface area (Å²) in [6.07, 6.45) is -4.30. The molecule has 0 heterocycles. The second-order valence-corrected chi connectivity index (χ2v) is 2.47. The molecule has 0 bridgehead atoms.